The standard InChI is InChI=1S/C6H15NO3S/c1-4-6(5-8)7(2)11(3,9)10/h6,8H,4-5H2,1-3H3. The first-order chi connectivity index (χ1) is 4.93. The monoisotopic (exact) mass is 181 g/mol. The molecule has 0 fully saturated rings. The molecule has 68 valence electrons. The van der Waals surface area contributed by atoms with Gasteiger partial charge in [0.25, 0.3) is 0 Å². The summed E-state index contributed by atoms with van der Waals surface area (Å²) >= 11 is 0. The van der Waals surface area contributed by atoms with Gasteiger partial charge in [0, 0.05) is 13.1 Å². The number of hydrogen-bond acceptors (Lipinski definition) is 3. The van der Waals surface area contributed by atoms with Crippen LogP contribution in [0.2, 0.25) is 0 Å². The summed E-state index contributed by atoms with van der Waals surface area (Å²) in [7, 11) is -1.68. The Morgan fingerprint density at radius 2 is 2.00 bits per heavy atom. The lowest BCUT2D eigenvalue weighted by Crippen LogP contribution is -2.38. The van der Waals surface area contributed by atoms with E-state index in [9.17, 15) is 8.42 Å². The number of aliphatic hydroxyl groups is 1. The Hall–Kier alpha value is -0.130. The van der Waals surface area contributed by atoms with E-state index in [2.05, 4.69) is 0 Å². The number of sulfonamides is 1. The van der Waals surface area contributed by atoms with E-state index >= 15 is 0 Å². The molecule has 0 aromatic carbocycles. The maximum absolute atomic E-state index is 10.9. The maximum atomic E-state index is 10.9. The van der Waals surface area contributed by atoms with E-state index in [0.29, 0.717) is 6.42 Å². The molecule has 0 aliphatic heterocycles. The Balaban J connectivity index is 4.33. The van der Waals surface area contributed by atoms with Crippen molar-refractivity contribution in [2.24, 2.45) is 0 Å². The molecule has 0 aromatic rings. The molecular weight excluding hydrogens is 166 g/mol. The third kappa shape index (κ3) is 3.18. The highest BCUT2D eigenvalue weighted by atomic mass is 32.2. The van der Waals surface area contributed by atoms with Gasteiger partial charge in [0.15, 0.2) is 0 Å². The van der Waals surface area contributed by atoms with Gasteiger partial charge in [0.05, 0.1) is 12.9 Å². The van der Waals surface area contributed by atoms with Gasteiger partial charge in [-0.1, -0.05) is 6.92 Å². The molecular formula is C6H15NO3S. The van der Waals surface area contributed by atoms with Crippen LogP contribution in [0.15, 0.2) is 0 Å². The second kappa shape index (κ2) is 4.04. The summed E-state index contributed by atoms with van der Waals surface area (Å²) in [6, 6.07) is -0.287. The molecule has 0 radical (unpaired) electrons. The molecule has 5 heteroatoms. The zero-order valence-corrected chi connectivity index (χ0v) is 7.93. The summed E-state index contributed by atoms with van der Waals surface area (Å²) < 4.78 is 23.0. The van der Waals surface area contributed by atoms with Crippen molar-refractivity contribution < 1.29 is 13.5 Å². The van der Waals surface area contributed by atoms with Gasteiger partial charge < -0.3 is 5.11 Å². The largest absolute Gasteiger partial charge is 0.395 e. The minimum Gasteiger partial charge on any atom is -0.395 e. The molecule has 1 unspecified atom stereocenters. The Labute approximate surface area is 67.9 Å². The van der Waals surface area contributed by atoms with Gasteiger partial charge in [-0.05, 0) is 6.42 Å². The van der Waals surface area contributed by atoms with Crippen LogP contribution in [-0.2, 0) is 10.0 Å². The van der Waals surface area contributed by atoms with Crippen molar-refractivity contribution in [1.82, 2.24) is 4.31 Å². The average Bonchev–Trinajstić information content (AvgIpc) is 1.88. The van der Waals surface area contributed by atoms with E-state index in [1.807, 2.05) is 6.92 Å². The Kier molecular flexibility index (Phi) is 3.99. The third-order valence-corrected chi connectivity index (χ3v) is 3.06. The summed E-state index contributed by atoms with van der Waals surface area (Å²) in [6.07, 6.45) is 1.76. The summed E-state index contributed by atoms with van der Waals surface area (Å²) in [4.78, 5) is 0. The fraction of sp³-hybridized carbons (Fsp3) is 1.00. The smallest absolute Gasteiger partial charge is 0.211 e. The quantitative estimate of drug-likeness (QED) is 0.645. The zero-order chi connectivity index (χ0) is 9.07. The van der Waals surface area contributed by atoms with E-state index in [0.717, 1.165) is 6.26 Å². The first kappa shape index (κ1) is 10.9. The minimum absolute atomic E-state index is 0.125. The molecule has 0 spiro atoms. The van der Waals surface area contributed by atoms with Crippen molar-refractivity contribution in [2.75, 3.05) is 19.9 Å². The van der Waals surface area contributed by atoms with Crippen LogP contribution in [0.4, 0.5) is 0 Å². The van der Waals surface area contributed by atoms with Crippen molar-refractivity contribution in [2.45, 2.75) is 19.4 Å². The van der Waals surface area contributed by atoms with E-state index in [1.54, 1.807) is 0 Å². The van der Waals surface area contributed by atoms with Gasteiger partial charge in [0.2, 0.25) is 10.0 Å². The predicted octanol–water partition coefficient (Wildman–Crippen LogP) is -0.351. The lowest BCUT2D eigenvalue weighted by atomic mass is 10.2. The van der Waals surface area contributed by atoms with Crippen LogP contribution < -0.4 is 0 Å². The van der Waals surface area contributed by atoms with Crippen molar-refractivity contribution >= 4 is 10.0 Å². The second-order valence-corrected chi connectivity index (χ2v) is 4.57. The van der Waals surface area contributed by atoms with Crippen LogP contribution in [0.25, 0.3) is 0 Å². The molecule has 0 amide bonds. The summed E-state index contributed by atoms with van der Waals surface area (Å²) in [6.45, 7) is 1.71. The van der Waals surface area contributed by atoms with Crippen LogP contribution in [0.1, 0.15) is 13.3 Å². The second-order valence-electron chi connectivity index (χ2n) is 2.52. The molecule has 0 aliphatic carbocycles. The molecule has 0 saturated heterocycles. The molecule has 0 rings (SSSR count). The Bertz CT molecular complexity index is 196. The lowest BCUT2D eigenvalue weighted by molar-refractivity contribution is 0.199. The summed E-state index contributed by atoms with van der Waals surface area (Å²) in [5.41, 5.74) is 0. The molecule has 0 aliphatic rings. The van der Waals surface area contributed by atoms with E-state index in [-0.39, 0.29) is 12.6 Å². The Morgan fingerprint density at radius 3 is 2.09 bits per heavy atom. The van der Waals surface area contributed by atoms with Crippen molar-refractivity contribution in [3.63, 3.8) is 0 Å². The van der Waals surface area contributed by atoms with Crippen molar-refractivity contribution in [3.8, 4) is 0 Å². The van der Waals surface area contributed by atoms with Gasteiger partial charge in [-0.2, -0.15) is 4.31 Å². The highest BCUT2D eigenvalue weighted by molar-refractivity contribution is 7.88. The fourth-order valence-electron chi connectivity index (χ4n) is 0.772. The van der Waals surface area contributed by atoms with E-state index in [1.165, 1.54) is 11.4 Å². The van der Waals surface area contributed by atoms with Crippen LogP contribution in [0, 0.1) is 0 Å². The van der Waals surface area contributed by atoms with Crippen LogP contribution in [0.3, 0.4) is 0 Å². The fourth-order valence-corrected chi connectivity index (χ4v) is 1.53. The third-order valence-electron chi connectivity index (χ3n) is 1.72. The molecule has 0 aromatic heterocycles. The molecule has 11 heavy (non-hydrogen) atoms. The van der Waals surface area contributed by atoms with Gasteiger partial charge >= 0.3 is 0 Å². The molecule has 0 bridgehead atoms. The van der Waals surface area contributed by atoms with E-state index in [4.69, 9.17) is 5.11 Å². The summed E-state index contributed by atoms with van der Waals surface area (Å²) in [5, 5.41) is 8.75. The highest BCUT2D eigenvalue weighted by Crippen LogP contribution is 2.04. The van der Waals surface area contributed by atoms with Gasteiger partial charge in [-0.3, -0.25) is 0 Å². The first-order valence-corrected chi connectivity index (χ1v) is 5.32. The Morgan fingerprint density at radius 1 is 1.55 bits per heavy atom. The highest BCUT2D eigenvalue weighted by Gasteiger charge is 2.19. The molecule has 1 atom stereocenters. The first-order valence-electron chi connectivity index (χ1n) is 3.47. The molecule has 0 saturated carbocycles. The summed E-state index contributed by atoms with van der Waals surface area (Å²) in [5.74, 6) is 0. The van der Waals surface area contributed by atoms with Gasteiger partial charge in [-0.15, -0.1) is 0 Å². The van der Waals surface area contributed by atoms with Crippen LogP contribution >= 0.6 is 0 Å². The predicted molar refractivity (Wildman–Crippen MR) is 43.8 cm³/mol. The average molecular weight is 181 g/mol. The number of hydrogen-bond donors (Lipinski definition) is 1. The SMILES string of the molecule is CCC(CO)N(C)S(C)(=O)=O. The molecule has 1 N–H and O–H groups in total. The molecule has 0 heterocycles. The topological polar surface area (TPSA) is 57.6 Å². The number of nitrogens with zero attached hydrogens (tertiary/aromatic N) is 1. The van der Waals surface area contributed by atoms with Crippen LogP contribution in [0.5, 0.6) is 0 Å². The van der Waals surface area contributed by atoms with Gasteiger partial charge in [0.1, 0.15) is 0 Å². The number of likely N-dealkylation sites (N-methyl/N-ethyl adjacent to an activating group) is 1. The van der Waals surface area contributed by atoms with Crippen LogP contribution in [-0.4, -0.2) is 43.8 Å². The molecule has 4 nitrogen and oxygen atoms in total. The number of aliphatic hydroxyl groups excluding tert-OH is 1. The lowest BCUT2D eigenvalue weighted by Gasteiger charge is -2.22. The zero-order valence-electron chi connectivity index (χ0n) is 7.11. The minimum atomic E-state index is -3.15. The number of rotatable bonds is 4. The van der Waals surface area contributed by atoms with E-state index < -0.39 is 10.0 Å². The van der Waals surface area contributed by atoms with Crippen molar-refractivity contribution in [3.05, 3.63) is 0 Å². The van der Waals surface area contributed by atoms with Gasteiger partial charge in [-0.25, -0.2) is 8.42 Å². The maximum Gasteiger partial charge on any atom is 0.211 e. The normalized spacial score (nSPS) is 15.4. The van der Waals surface area contributed by atoms with Crippen molar-refractivity contribution in [1.29, 1.82) is 0 Å².